The van der Waals surface area contributed by atoms with Gasteiger partial charge in [-0.3, -0.25) is 29.8 Å². The number of rotatable bonds is 3. The minimum absolute atomic E-state index is 0.201. The summed E-state index contributed by atoms with van der Waals surface area (Å²) in [5.74, 6) is -0.439. The number of carbonyl (C=O) groups excluding carboxylic acids is 2. The standard InChI is InChI=1S/C34H16N2O6/c37-33-21-9-4-2-7-19(21)27-16-25(32(36(41)42)22-10-5-11-23(33)30(22)27)17-14-26-18-6-1-3-8-20(18)34(38)24-12-13-29(35(39)40)28(15-17)31(24)26/h1-16H. The normalized spacial score (nSPS) is 12.8. The van der Waals surface area contributed by atoms with Crippen LogP contribution in [0.2, 0.25) is 0 Å². The molecule has 0 amide bonds. The van der Waals surface area contributed by atoms with Gasteiger partial charge in [-0.15, -0.1) is 0 Å². The van der Waals surface area contributed by atoms with Crippen molar-refractivity contribution in [2.24, 2.45) is 0 Å². The Labute approximate surface area is 236 Å². The summed E-state index contributed by atoms with van der Waals surface area (Å²) in [6.45, 7) is 0. The SMILES string of the molecule is O=C1c2ccccc2-c2cc(-c3cc4c5c(cccc5c3[N+](=O)[O-])C(=O)c3ccccc3-4)cc3c([N+](=O)[O-])ccc1c23. The van der Waals surface area contributed by atoms with E-state index in [0.29, 0.717) is 66.2 Å². The number of carbonyl (C=O) groups is 2. The van der Waals surface area contributed by atoms with Gasteiger partial charge >= 0.3 is 0 Å². The maximum Gasteiger partial charge on any atom is 0.285 e. The summed E-state index contributed by atoms with van der Waals surface area (Å²) in [7, 11) is 0. The average Bonchev–Trinajstić information content (AvgIpc) is 3.01. The third kappa shape index (κ3) is 3.00. The van der Waals surface area contributed by atoms with Crippen molar-refractivity contribution < 1.29 is 19.4 Å². The fourth-order valence-corrected chi connectivity index (χ4v) is 6.60. The minimum Gasteiger partial charge on any atom is -0.289 e. The van der Waals surface area contributed by atoms with Crippen LogP contribution < -0.4 is 0 Å². The number of nitro groups is 2. The number of nitro benzene ring substituents is 2. The van der Waals surface area contributed by atoms with Gasteiger partial charge in [0.25, 0.3) is 11.4 Å². The lowest BCUT2D eigenvalue weighted by atomic mass is 9.79. The van der Waals surface area contributed by atoms with E-state index in [2.05, 4.69) is 0 Å². The van der Waals surface area contributed by atoms with Crippen LogP contribution in [0.25, 0.3) is 54.9 Å². The molecule has 0 saturated heterocycles. The second-order valence-corrected chi connectivity index (χ2v) is 10.4. The first-order valence-corrected chi connectivity index (χ1v) is 13.1. The molecule has 0 aliphatic heterocycles. The smallest absolute Gasteiger partial charge is 0.285 e. The number of nitrogens with zero attached hydrogens (tertiary/aromatic N) is 2. The lowest BCUT2D eigenvalue weighted by molar-refractivity contribution is -0.383. The molecule has 8 nitrogen and oxygen atoms in total. The Bertz CT molecular complexity index is 2300. The largest absolute Gasteiger partial charge is 0.289 e. The summed E-state index contributed by atoms with van der Waals surface area (Å²) in [6.07, 6.45) is 0. The van der Waals surface area contributed by atoms with Gasteiger partial charge in [-0.2, -0.15) is 0 Å². The molecule has 0 N–H and O–H groups in total. The van der Waals surface area contributed by atoms with Gasteiger partial charge < -0.3 is 0 Å². The van der Waals surface area contributed by atoms with Crippen LogP contribution in [0.1, 0.15) is 31.8 Å². The molecule has 0 spiro atoms. The van der Waals surface area contributed by atoms with E-state index in [1.54, 1.807) is 72.8 Å². The van der Waals surface area contributed by atoms with E-state index in [0.717, 1.165) is 0 Å². The molecule has 0 bridgehead atoms. The monoisotopic (exact) mass is 548 g/mol. The summed E-state index contributed by atoms with van der Waals surface area (Å²) >= 11 is 0. The average molecular weight is 549 g/mol. The molecule has 198 valence electrons. The number of hydrogen-bond donors (Lipinski definition) is 0. The van der Waals surface area contributed by atoms with Crippen molar-refractivity contribution in [3.05, 3.63) is 140 Å². The highest BCUT2D eigenvalue weighted by Crippen LogP contribution is 2.50. The maximum absolute atomic E-state index is 13.4. The molecule has 2 aliphatic carbocycles. The Kier molecular flexibility index (Phi) is 4.68. The van der Waals surface area contributed by atoms with Crippen LogP contribution >= 0.6 is 0 Å². The molecule has 0 fully saturated rings. The molecule has 0 atom stereocenters. The minimum atomic E-state index is -0.510. The summed E-state index contributed by atoms with van der Waals surface area (Å²) in [6, 6.07) is 26.9. The van der Waals surface area contributed by atoms with E-state index < -0.39 is 9.85 Å². The summed E-state index contributed by atoms with van der Waals surface area (Å²) in [5.41, 5.74) is 4.46. The first-order valence-electron chi connectivity index (χ1n) is 13.1. The van der Waals surface area contributed by atoms with Crippen molar-refractivity contribution in [2.75, 3.05) is 0 Å². The summed E-state index contributed by atoms with van der Waals surface area (Å²) in [4.78, 5) is 50.7. The third-order valence-electron chi connectivity index (χ3n) is 8.33. The van der Waals surface area contributed by atoms with Crippen LogP contribution in [0, 0.1) is 20.2 Å². The van der Waals surface area contributed by atoms with Crippen LogP contribution in [0.15, 0.2) is 97.1 Å². The van der Waals surface area contributed by atoms with Gasteiger partial charge in [0.05, 0.1) is 26.2 Å². The molecule has 2 aliphatic rings. The van der Waals surface area contributed by atoms with Gasteiger partial charge in [0.1, 0.15) is 0 Å². The van der Waals surface area contributed by atoms with Crippen molar-refractivity contribution >= 4 is 44.5 Å². The lowest BCUT2D eigenvalue weighted by Gasteiger charge is -2.23. The van der Waals surface area contributed by atoms with E-state index in [4.69, 9.17) is 0 Å². The Balaban J connectivity index is 1.55. The highest BCUT2D eigenvalue weighted by molar-refractivity contribution is 6.29. The zero-order chi connectivity index (χ0) is 28.9. The molecular weight excluding hydrogens is 532 g/mol. The third-order valence-corrected chi connectivity index (χ3v) is 8.33. The zero-order valence-electron chi connectivity index (χ0n) is 21.6. The van der Waals surface area contributed by atoms with Crippen LogP contribution in [0.5, 0.6) is 0 Å². The molecule has 6 aromatic rings. The van der Waals surface area contributed by atoms with Crippen molar-refractivity contribution in [3.63, 3.8) is 0 Å². The number of hydrogen-bond acceptors (Lipinski definition) is 6. The fraction of sp³-hybridized carbons (Fsp3) is 0. The quantitative estimate of drug-likeness (QED) is 0.163. The number of ketones is 2. The first-order chi connectivity index (χ1) is 20.3. The van der Waals surface area contributed by atoms with Crippen LogP contribution in [-0.4, -0.2) is 21.4 Å². The van der Waals surface area contributed by atoms with Crippen LogP contribution in [-0.2, 0) is 0 Å². The molecule has 0 saturated carbocycles. The second-order valence-electron chi connectivity index (χ2n) is 10.4. The molecule has 6 aromatic carbocycles. The summed E-state index contributed by atoms with van der Waals surface area (Å²) < 4.78 is 0. The molecule has 8 heteroatoms. The van der Waals surface area contributed by atoms with E-state index in [-0.39, 0.29) is 33.9 Å². The first kappa shape index (κ1) is 23.8. The van der Waals surface area contributed by atoms with Gasteiger partial charge in [-0.05, 0) is 58.1 Å². The maximum atomic E-state index is 13.4. The van der Waals surface area contributed by atoms with Crippen LogP contribution in [0.4, 0.5) is 11.4 Å². The van der Waals surface area contributed by atoms with E-state index in [9.17, 15) is 29.8 Å². The number of non-ortho nitro benzene ring substituents is 1. The fourth-order valence-electron chi connectivity index (χ4n) is 6.60. The lowest BCUT2D eigenvalue weighted by Crippen LogP contribution is -2.11. The van der Waals surface area contributed by atoms with Gasteiger partial charge in [0.15, 0.2) is 11.6 Å². The zero-order valence-corrected chi connectivity index (χ0v) is 21.6. The van der Waals surface area contributed by atoms with E-state index >= 15 is 0 Å². The molecular formula is C34H16N2O6. The van der Waals surface area contributed by atoms with Crippen molar-refractivity contribution in [1.82, 2.24) is 0 Å². The molecule has 42 heavy (non-hydrogen) atoms. The van der Waals surface area contributed by atoms with Gasteiger partial charge in [-0.25, -0.2) is 0 Å². The molecule has 0 unspecified atom stereocenters. The Hall–Kier alpha value is -6.02. The molecule has 0 heterocycles. The highest BCUT2D eigenvalue weighted by atomic mass is 16.6. The highest BCUT2D eigenvalue weighted by Gasteiger charge is 2.33. The molecule has 8 rings (SSSR count). The summed E-state index contributed by atoms with van der Waals surface area (Å²) in [5, 5.41) is 26.4. The van der Waals surface area contributed by atoms with Gasteiger partial charge in [-0.1, -0.05) is 60.7 Å². The van der Waals surface area contributed by atoms with Crippen molar-refractivity contribution in [2.45, 2.75) is 0 Å². The van der Waals surface area contributed by atoms with E-state index in [1.807, 2.05) is 12.1 Å². The van der Waals surface area contributed by atoms with Gasteiger partial charge in [0.2, 0.25) is 0 Å². The predicted molar refractivity (Wildman–Crippen MR) is 158 cm³/mol. The topological polar surface area (TPSA) is 120 Å². The van der Waals surface area contributed by atoms with Crippen molar-refractivity contribution in [3.8, 4) is 33.4 Å². The second kappa shape index (κ2) is 8.25. The predicted octanol–water partition coefficient (Wildman–Crippen LogP) is 7.90. The molecule has 0 aromatic heterocycles. The number of fused-ring (bicyclic) bond motifs is 4. The Morgan fingerprint density at radius 3 is 1.62 bits per heavy atom. The Morgan fingerprint density at radius 1 is 0.452 bits per heavy atom. The Morgan fingerprint density at radius 2 is 1.00 bits per heavy atom. The molecule has 0 radical (unpaired) electrons. The van der Waals surface area contributed by atoms with Crippen molar-refractivity contribution in [1.29, 1.82) is 0 Å². The van der Waals surface area contributed by atoms with Gasteiger partial charge in [0, 0.05) is 39.1 Å². The van der Waals surface area contributed by atoms with E-state index in [1.165, 1.54) is 12.1 Å². The number of benzene rings is 6. The van der Waals surface area contributed by atoms with Crippen LogP contribution in [0.3, 0.4) is 0 Å².